The topological polar surface area (TPSA) is 21.3 Å². The number of hydrogen-bond donors (Lipinski definition) is 1. The number of fused-ring (bicyclic) bond motifs is 1. The largest absolute Gasteiger partial charge is 0.376 e. The van der Waals surface area contributed by atoms with Crippen molar-refractivity contribution in [3.8, 4) is 0 Å². The third-order valence-corrected chi connectivity index (χ3v) is 6.29. The van der Waals surface area contributed by atoms with Gasteiger partial charge >= 0.3 is 0 Å². The summed E-state index contributed by atoms with van der Waals surface area (Å²) in [6.45, 7) is 4.46. The number of nitrogens with one attached hydrogen (secondary N) is 1. The Bertz CT molecular complexity index is 249. The summed E-state index contributed by atoms with van der Waals surface area (Å²) in [5.41, 5.74) is 0. The first-order chi connectivity index (χ1) is 8.22. The molecule has 1 aliphatic carbocycles. The second kappa shape index (κ2) is 5.10. The Labute approximate surface area is 109 Å². The van der Waals surface area contributed by atoms with Crippen molar-refractivity contribution in [1.82, 2.24) is 5.32 Å². The first-order valence-corrected chi connectivity index (χ1v) is 8.23. The normalized spacial score (nSPS) is 51.2. The number of hydrogen-bond acceptors (Lipinski definition) is 3. The molecule has 0 aromatic rings. The Kier molecular flexibility index (Phi) is 3.69. The highest BCUT2D eigenvalue weighted by molar-refractivity contribution is 8.00. The van der Waals surface area contributed by atoms with Gasteiger partial charge in [-0.15, -0.1) is 11.8 Å². The quantitative estimate of drug-likeness (QED) is 0.777. The van der Waals surface area contributed by atoms with Gasteiger partial charge < -0.3 is 10.1 Å². The van der Waals surface area contributed by atoms with Crippen LogP contribution in [0.4, 0.5) is 0 Å². The molecule has 17 heavy (non-hydrogen) atoms. The molecular weight excluding hydrogens is 230 g/mol. The lowest BCUT2D eigenvalue weighted by Gasteiger charge is -2.35. The number of thioether (sulfide) groups is 1. The molecule has 3 aliphatic rings. The summed E-state index contributed by atoms with van der Waals surface area (Å²) in [4.78, 5) is 0. The van der Waals surface area contributed by atoms with Crippen molar-refractivity contribution in [1.29, 1.82) is 0 Å². The van der Waals surface area contributed by atoms with E-state index < -0.39 is 0 Å². The van der Waals surface area contributed by atoms with E-state index in [4.69, 9.17) is 4.74 Å². The first-order valence-electron chi connectivity index (χ1n) is 7.29. The van der Waals surface area contributed by atoms with Crippen LogP contribution in [-0.2, 0) is 4.74 Å². The van der Waals surface area contributed by atoms with Crippen molar-refractivity contribution in [2.24, 2.45) is 5.92 Å². The molecule has 5 unspecified atom stereocenters. The van der Waals surface area contributed by atoms with Gasteiger partial charge in [-0.1, -0.05) is 12.8 Å². The van der Waals surface area contributed by atoms with Gasteiger partial charge in [-0.2, -0.15) is 0 Å². The van der Waals surface area contributed by atoms with Crippen LogP contribution in [0.1, 0.15) is 52.4 Å². The molecule has 5 atom stereocenters. The fourth-order valence-corrected chi connectivity index (χ4v) is 5.62. The summed E-state index contributed by atoms with van der Waals surface area (Å²) >= 11 is 2.24. The minimum absolute atomic E-state index is 0.453. The van der Waals surface area contributed by atoms with Crippen LogP contribution in [0.15, 0.2) is 0 Å². The van der Waals surface area contributed by atoms with Crippen molar-refractivity contribution in [3.63, 3.8) is 0 Å². The van der Waals surface area contributed by atoms with Crippen molar-refractivity contribution in [2.45, 2.75) is 81.2 Å². The van der Waals surface area contributed by atoms with Crippen LogP contribution < -0.4 is 5.32 Å². The van der Waals surface area contributed by atoms with E-state index >= 15 is 0 Å². The molecule has 1 N–H and O–H groups in total. The molecule has 3 rings (SSSR count). The van der Waals surface area contributed by atoms with E-state index in [9.17, 15) is 0 Å². The molecule has 0 radical (unpaired) electrons. The lowest BCUT2D eigenvalue weighted by molar-refractivity contribution is -0.0536. The van der Waals surface area contributed by atoms with E-state index in [0.29, 0.717) is 17.6 Å². The fourth-order valence-electron chi connectivity index (χ4n) is 3.84. The molecule has 3 heteroatoms. The minimum atomic E-state index is 0.453. The second-order valence-electron chi connectivity index (χ2n) is 6.14. The standard InChI is InChI=1S/C14H25NOS/c1-9-7-11(8-10(2)16-9)14-15-12-5-3-4-6-13(12)17-14/h9-15H,3-8H2,1-2H3. The average Bonchev–Trinajstić information content (AvgIpc) is 2.71. The maximum Gasteiger partial charge on any atom is 0.0568 e. The van der Waals surface area contributed by atoms with Crippen LogP contribution in [0, 0.1) is 5.92 Å². The Morgan fingerprint density at radius 3 is 2.47 bits per heavy atom. The van der Waals surface area contributed by atoms with Crippen molar-refractivity contribution >= 4 is 11.8 Å². The van der Waals surface area contributed by atoms with Crippen molar-refractivity contribution in [3.05, 3.63) is 0 Å². The SMILES string of the molecule is CC1CC(C2NC3CCCCC3S2)CC(C)O1. The molecule has 98 valence electrons. The first kappa shape index (κ1) is 12.3. The molecule has 2 nitrogen and oxygen atoms in total. The molecule has 1 saturated carbocycles. The summed E-state index contributed by atoms with van der Waals surface area (Å²) in [5, 5.41) is 5.52. The fraction of sp³-hybridized carbons (Fsp3) is 1.00. The Hall–Kier alpha value is 0.270. The molecule has 3 fully saturated rings. The smallest absolute Gasteiger partial charge is 0.0568 e. The molecule has 0 amide bonds. The van der Waals surface area contributed by atoms with Crippen LogP contribution in [-0.4, -0.2) is 28.9 Å². The van der Waals surface area contributed by atoms with Gasteiger partial charge in [0.2, 0.25) is 0 Å². The van der Waals surface area contributed by atoms with Crippen molar-refractivity contribution in [2.75, 3.05) is 0 Å². The molecule has 0 bridgehead atoms. The molecule has 2 aliphatic heterocycles. The zero-order valence-electron chi connectivity index (χ0n) is 11.0. The monoisotopic (exact) mass is 255 g/mol. The van der Waals surface area contributed by atoms with E-state index in [1.165, 1.54) is 38.5 Å². The summed E-state index contributed by atoms with van der Waals surface area (Å²) in [6, 6.07) is 0.812. The van der Waals surface area contributed by atoms with E-state index in [1.54, 1.807) is 0 Å². The van der Waals surface area contributed by atoms with Gasteiger partial charge in [0.25, 0.3) is 0 Å². The zero-order valence-corrected chi connectivity index (χ0v) is 11.8. The van der Waals surface area contributed by atoms with E-state index in [0.717, 1.165) is 17.2 Å². The third-order valence-electron chi connectivity index (χ3n) is 4.56. The highest BCUT2D eigenvalue weighted by Gasteiger charge is 2.41. The van der Waals surface area contributed by atoms with Gasteiger partial charge in [-0.25, -0.2) is 0 Å². The van der Waals surface area contributed by atoms with Crippen molar-refractivity contribution < 1.29 is 4.74 Å². The van der Waals surface area contributed by atoms with E-state index in [-0.39, 0.29) is 0 Å². The summed E-state index contributed by atoms with van der Waals surface area (Å²) in [7, 11) is 0. The number of rotatable bonds is 1. The van der Waals surface area contributed by atoms with Gasteiger partial charge in [0.1, 0.15) is 0 Å². The highest BCUT2D eigenvalue weighted by atomic mass is 32.2. The summed E-state index contributed by atoms with van der Waals surface area (Å²) in [6.07, 6.45) is 9.12. The maximum atomic E-state index is 5.86. The Morgan fingerprint density at radius 2 is 1.76 bits per heavy atom. The van der Waals surface area contributed by atoms with Crippen LogP contribution in [0.3, 0.4) is 0 Å². The Morgan fingerprint density at radius 1 is 1.06 bits per heavy atom. The molecule has 0 aromatic heterocycles. The van der Waals surface area contributed by atoms with Crippen LogP contribution in [0.25, 0.3) is 0 Å². The molecule has 0 spiro atoms. The van der Waals surface area contributed by atoms with Gasteiger partial charge in [0.05, 0.1) is 17.6 Å². The molecular formula is C14H25NOS. The number of ether oxygens (including phenoxy) is 1. The highest BCUT2D eigenvalue weighted by Crippen LogP contribution is 2.42. The average molecular weight is 255 g/mol. The van der Waals surface area contributed by atoms with Gasteiger partial charge in [-0.3, -0.25) is 0 Å². The van der Waals surface area contributed by atoms with Gasteiger partial charge in [0.15, 0.2) is 0 Å². The molecule has 2 heterocycles. The lowest BCUT2D eigenvalue weighted by Crippen LogP contribution is -2.41. The third kappa shape index (κ3) is 2.66. The van der Waals surface area contributed by atoms with Crippen LogP contribution in [0.2, 0.25) is 0 Å². The molecule has 0 aromatic carbocycles. The lowest BCUT2D eigenvalue weighted by atomic mass is 9.91. The zero-order chi connectivity index (χ0) is 11.8. The maximum absolute atomic E-state index is 5.86. The van der Waals surface area contributed by atoms with Gasteiger partial charge in [0, 0.05) is 11.3 Å². The minimum Gasteiger partial charge on any atom is -0.376 e. The Balaban J connectivity index is 1.61. The summed E-state index contributed by atoms with van der Waals surface area (Å²) in [5.74, 6) is 0.823. The van der Waals surface area contributed by atoms with E-state index in [2.05, 4.69) is 30.9 Å². The van der Waals surface area contributed by atoms with Crippen LogP contribution in [0.5, 0.6) is 0 Å². The molecule has 2 saturated heterocycles. The van der Waals surface area contributed by atoms with Gasteiger partial charge in [-0.05, 0) is 45.4 Å². The summed E-state index contributed by atoms with van der Waals surface area (Å²) < 4.78 is 5.86. The predicted molar refractivity (Wildman–Crippen MR) is 73.3 cm³/mol. The van der Waals surface area contributed by atoms with E-state index in [1.807, 2.05) is 0 Å². The van der Waals surface area contributed by atoms with Crippen LogP contribution >= 0.6 is 11.8 Å². The second-order valence-corrected chi connectivity index (χ2v) is 7.53. The predicted octanol–water partition coefficient (Wildman–Crippen LogP) is 3.16.